The van der Waals surface area contributed by atoms with Gasteiger partial charge in [-0.1, -0.05) is 0 Å². The zero-order valence-corrected chi connectivity index (χ0v) is 14.3. The van der Waals surface area contributed by atoms with E-state index < -0.39 is 29.6 Å². The zero-order chi connectivity index (χ0) is 18.4. The number of ether oxygens (including phenoxy) is 1. The number of carbonyl (C=O) groups excluding carboxylic acids is 1. The highest BCUT2D eigenvalue weighted by Gasteiger charge is 2.36. The average molecular weight is 352 g/mol. The van der Waals surface area contributed by atoms with Gasteiger partial charge >= 0.3 is 11.8 Å². The number of H-pyrrole nitrogens is 1. The van der Waals surface area contributed by atoms with E-state index in [1.54, 1.807) is 20.8 Å². The van der Waals surface area contributed by atoms with Crippen molar-refractivity contribution >= 4 is 23.1 Å². The van der Waals surface area contributed by atoms with Crippen molar-refractivity contribution in [2.45, 2.75) is 45.0 Å². The number of anilines is 1. The highest BCUT2D eigenvalue weighted by atomic mass is 19.1. The maximum atomic E-state index is 14.8. The number of aromatic amines is 1. The SMILES string of the molecule is CC(C)(C)OC(=O)N1CC[C@@H](n2c(=O)[nH]c3c(N)ncnc32)[C@@H](F)C1. The van der Waals surface area contributed by atoms with Crippen molar-refractivity contribution in [2.75, 3.05) is 18.8 Å². The third-order valence-electron chi connectivity index (χ3n) is 4.03. The zero-order valence-electron chi connectivity index (χ0n) is 14.3. The Labute approximate surface area is 143 Å². The molecule has 0 radical (unpaired) electrons. The van der Waals surface area contributed by atoms with Crippen molar-refractivity contribution in [1.29, 1.82) is 0 Å². The predicted molar refractivity (Wildman–Crippen MR) is 88.9 cm³/mol. The van der Waals surface area contributed by atoms with Crippen molar-refractivity contribution in [2.24, 2.45) is 0 Å². The molecule has 0 aliphatic carbocycles. The number of carbonyl (C=O) groups is 1. The van der Waals surface area contributed by atoms with Crippen molar-refractivity contribution in [3.05, 3.63) is 16.8 Å². The van der Waals surface area contributed by atoms with E-state index in [0.717, 1.165) is 0 Å². The summed E-state index contributed by atoms with van der Waals surface area (Å²) in [4.78, 5) is 36.1. The highest BCUT2D eigenvalue weighted by Crippen LogP contribution is 2.28. The number of piperidine rings is 1. The van der Waals surface area contributed by atoms with Crippen LogP contribution in [0.1, 0.15) is 33.2 Å². The van der Waals surface area contributed by atoms with Gasteiger partial charge in [0.2, 0.25) is 0 Å². The van der Waals surface area contributed by atoms with Crippen LogP contribution in [0.15, 0.2) is 11.1 Å². The van der Waals surface area contributed by atoms with Gasteiger partial charge in [0.15, 0.2) is 11.5 Å². The van der Waals surface area contributed by atoms with Crippen LogP contribution < -0.4 is 11.4 Å². The van der Waals surface area contributed by atoms with Gasteiger partial charge in [0.25, 0.3) is 0 Å². The second-order valence-electron chi connectivity index (χ2n) is 7.06. The fourth-order valence-corrected chi connectivity index (χ4v) is 2.94. The second kappa shape index (κ2) is 6.01. The van der Waals surface area contributed by atoms with Crippen LogP contribution in [0.4, 0.5) is 15.0 Å². The molecule has 1 fully saturated rings. The van der Waals surface area contributed by atoms with E-state index in [2.05, 4.69) is 15.0 Å². The normalized spacial score (nSPS) is 21.5. The summed E-state index contributed by atoms with van der Waals surface area (Å²) >= 11 is 0. The van der Waals surface area contributed by atoms with Crippen molar-refractivity contribution in [1.82, 2.24) is 24.4 Å². The number of imidazole rings is 1. The molecule has 3 heterocycles. The van der Waals surface area contributed by atoms with Gasteiger partial charge in [0.05, 0.1) is 12.6 Å². The smallest absolute Gasteiger partial charge is 0.410 e. The number of likely N-dealkylation sites (tertiary alicyclic amines) is 1. The first-order valence-electron chi connectivity index (χ1n) is 8.00. The Kier molecular flexibility index (Phi) is 4.13. The van der Waals surface area contributed by atoms with Crippen LogP contribution in [-0.2, 0) is 4.74 Å². The topological polar surface area (TPSA) is 119 Å². The molecule has 2 aromatic rings. The summed E-state index contributed by atoms with van der Waals surface area (Å²) in [5.41, 5.74) is 5.12. The minimum absolute atomic E-state index is 0.127. The fraction of sp³-hybridized carbons (Fsp3) is 0.600. The van der Waals surface area contributed by atoms with Gasteiger partial charge in [-0.25, -0.2) is 23.9 Å². The summed E-state index contributed by atoms with van der Waals surface area (Å²) in [5, 5.41) is 0. The Balaban J connectivity index is 1.83. The average Bonchev–Trinajstić information content (AvgIpc) is 2.83. The molecule has 0 bridgehead atoms. The van der Waals surface area contributed by atoms with Gasteiger partial charge in [-0.05, 0) is 27.2 Å². The van der Waals surface area contributed by atoms with Gasteiger partial charge < -0.3 is 20.4 Å². The van der Waals surface area contributed by atoms with Gasteiger partial charge in [-0.2, -0.15) is 0 Å². The lowest BCUT2D eigenvalue weighted by molar-refractivity contribution is 0.00680. The van der Waals surface area contributed by atoms with E-state index in [0.29, 0.717) is 0 Å². The Morgan fingerprint density at radius 1 is 1.44 bits per heavy atom. The van der Waals surface area contributed by atoms with Gasteiger partial charge in [0.1, 0.15) is 23.6 Å². The molecule has 136 valence electrons. The summed E-state index contributed by atoms with van der Waals surface area (Å²) in [6.45, 7) is 5.37. The maximum Gasteiger partial charge on any atom is 0.410 e. The molecule has 3 rings (SSSR count). The summed E-state index contributed by atoms with van der Waals surface area (Å²) in [5.74, 6) is 0.127. The van der Waals surface area contributed by atoms with Crippen molar-refractivity contribution in [3.63, 3.8) is 0 Å². The van der Waals surface area contributed by atoms with Gasteiger partial charge in [-0.3, -0.25) is 4.57 Å². The number of hydrogen-bond donors (Lipinski definition) is 2. The molecule has 2 atom stereocenters. The Morgan fingerprint density at radius 3 is 2.80 bits per heavy atom. The van der Waals surface area contributed by atoms with Gasteiger partial charge in [-0.15, -0.1) is 0 Å². The number of rotatable bonds is 1. The van der Waals surface area contributed by atoms with Crippen LogP contribution in [0.2, 0.25) is 0 Å². The number of alkyl halides is 1. The fourth-order valence-electron chi connectivity index (χ4n) is 2.94. The Bertz CT molecular complexity index is 855. The molecule has 1 aliphatic heterocycles. The van der Waals surface area contributed by atoms with E-state index in [4.69, 9.17) is 10.5 Å². The number of halogens is 1. The first kappa shape index (κ1) is 17.2. The third kappa shape index (κ3) is 3.28. The van der Waals surface area contributed by atoms with Gasteiger partial charge in [0, 0.05) is 6.54 Å². The van der Waals surface area contributed by atoms with Crippen molar-refractivity contribution < 1.29 is 13.9 Å². The van der Waals surface area contributed by atoms with Crippen LogP contribution in [0.5, 0.6) is 0 Å². The molecule has 9 nitrogen and oxygen atoms in total. The summed E-state index contributed by atoms with van der Waals surface area (Å²) in [6, 6.07) is -0.741. The molecular weight excluding hydrogens is 331 g/mol. The molecule has 10 heteroatoms. The lowest BCUT2D eigenvalue weighted by Crippen LogP contribution is -2.48. The highest BCUT2D eigenvalue weighted by molar-refractivity contribution is 5.81. The van der Waals surface area contributed by atoms with Crippen LogP contribution >= 0.6 is 0 Å². The largest absolute Gasteiger partial charge is 0.444 e. The number of amides is 1. The quantitative estimate of drug-likeness (QED) is 0.796. The first-order chi connectivity index (χ1) is 11.7. The molecule has 0 aromatic carbocycles. The van der Waals surface area contributed by atoms with E-state index >= 15 is 0 Å². The Hall–Kier alpha value is -2.65. The number of nitrogens with one attached hydrogen (secondary N) is 1. The van der Waals surface area contributed by atoms with Crippen LogP contribution in [0.25, 0.3) is 11.2 Å². The molecule has 2 aromatic heterocycles. The Morgan fingerprint density at radius 2 is 2.16 bits per heavy atom. The minimum Gasteiger partial charge on any atom is -0.444 e. The number of hydrogen-bond acceptors (Lipinski definition) is 6. The van der Waals surface area contributed by atoms with Crippen LogP contribution in [0, 0.1) is 0 Å². The second-order valence-corrected chi connectivity index (χ2v) is 7.06. The standard InChI is InChI=1S/C15H21FN6O3/c1-15(2,3)25-14(24)21-5-4-9(8(16)6-21)22-12-10(20-13(22)23)11(17)18-7-19-12/h7-9H,4-6H2,1-3H3,(H,20,23)(H2,17,18,19)/t8-,9+/m0/s1. The molecule has 0 saturated carbocycles. The number of nitrogens with zero attached hydrogens (tertiary/aromatic N) is 4. The van der Waals surface area contributed by atoms with E-state index in [9.17, 15) is 14.0 Å². The van der Waals surface area contributed by atoms with Crippen LogP contribution in [-0.4, -0.2) is 55.4 Å². The molecule has 3 N–H and O–H groups in total. The van der Waals surface area contributed by atoms with E-state index in [1.165, 1.54) is 15.8 Å². The maximum absolute atomic E-state index is 14.8. The third-order valence-corrected chi connectivity index (χ3v) is 4.03. The molecule has 0 spiro atoms. The lowest BCUT2D eigenvalue weighted by atomic mass is 10.0. The molecule has 25 heavy (non-hydrogen) atoms. The van der Waals surface area contributed by atoms with E-state index in [1.807, 2.05) is 0 Å². The molecular formula is C15H21FN6O3. The minimum atomic E-state index is -1.44. The number of nitrogens with two attached hydrogens (primary N) is 1. The summed E-state index contributed by atoms with van der Waals surface area (Å²) in [7, 11) is 0. The first-order valence-corrected chi connectivity index (χ1v) is 8.00. The summed E-state index contributed by atoms with van der Waals surface area (Å²) in [6.07, 6.45) is -0.512. The molecule has 1 saturated heterocycles. The van der Waals surface area contributed by atoms with Crippen molar-refractivity contribution in [3.8, 4) is 0 Å². The number of nitrogen functional groups attached to an aromatic ring is 1. The number of aromatic nitrogens is 4. The predicted octanol–water partition coefficient (Wildman–Crippen LogP) is 1.22. The lowest BCUT2D eigenvalue weighted by Gasteiger charge is -2.35. The van der Waals surface area contributed by atoms with E-state index in [-0.39, 0.29) is 36.5 Å². The number of fused-ring (bicyclic) bond motifs is 1. The molecule has 0 unspecified atom stereocenters. The summed E-state index contributed by atoms with van der Waals surface area (Å²) < 4.78 is 21.3. The molecule has 1 amide bonds. The monoisotopic (exact) mass is 352 g/mol. The van der Waals surface area contributed by atoms with Crippen LogP contribution in [0.3, 0.4) is 0 Å². The molecule has 1 aliphatic rings.